The first-order chi connectivity index (χ1) is 13.2. The Morgan fingerprint density at radius 2 is 2.00 bits per heavy atom. The third kappa shape index (κ3) is 5.97. The molecule has 0 radical (unpaired) electrons. The van der Waals surface area contributed by atoms with E-state index in [4.69, 9.17) is 22.2 Å². The highest BCUT2D eigenvalue weighted by molar-refractivity contribution is 6.31. The van der Waals surface area contributed by atoms with E-state index < -0.39 is 5.54 Å². The largest absolute Gasteiger partial charge is 0.394 e. The lowest BCUT2D eigenvalue weighted by atomic mass is 9.92. The molecule has 0 unspecified atom stereocenters. The number of nitrogens with two attached hydrogens (primary N) is 1. The minimum absolute atomic E-state index is 0.297. The molecule has 0 heterocycles. The van der Waals surface area contributed by atoms with E-state index in [1.54, 1.807) is 12.1 Å². The Labute approximate surface area is 171 Å². The molecule has 0 saturated carbocycles. The highest BCUT2D eigenvalue weighted by atomic mass is 35.5. The van der Waals surface area contributed by atoms with Crippen molar-refractivity contribution in [3.8, 4) is 0 Å². The van der Waals surface area contributed by atoms with Gasteiger partial charge in [0.05, 0.1) is 11.3 Å². The van der Waals surface area contributed by atoms with Crippen molar-refractivity contribution in [1.29, 1.82) is 0 Å². The van der Waals surface area contributed by atoms with Gasteiger partial charge in [-0.05, 0) is 68.7 Å². The molecule has 7 heteroatoms. The Bertz CT molecular complexity index is 865. The zero-order valence-electron chi connectivity index (χ0n) is 16.7. The molecule has 2 rings (SSSR count). The van der Waals surface area contributed by atoms with E-state index in [1.165, 1.54) is 0 Å². The van der Waals surface area contributed by atoms with Crippen LogP contribution in [0.5, 0.6) is 0 Å². The third-order valence-electron chi connectivity index (χ3n) is 4.25. The topological polar surface area (TPSA) is 88.7 Å². The number of carbonyl (C=O) groups excluding carboxylic acids is 1. The first-order valence-electron chi connectivity index (χ1n) is 9.06. The lowest BCUT2D eigenvalue weighted by Crippen LogP contribution is -2.43. The normalized spacial score (nSPS) is 11.9. The van der Waals surface area contributed by atoms with Crippen LogP contribution in [-0.4, -0.2) is 24.9 Å². The number of nitrogens with one attached hydrogen (secondary N) is 2. The van der Waals surface area contributed by atoms with Gasteiger partial charge in [-0.15, -0.1) is 0 Å². The van der Waals surface area contributed by atoms with Gasteiger partial charge in [0.25, 0.3) is 0 Å². The fourth-order valence-corrected chi connectivity index (χ4v) is 2.74. The van der Waals surface area contributed by atoms with Gasteiger partial charge in [0.15, 0.2) is 0 Å². The Kier molecular flexibility index (Phi) is 7.43. The van der Waals surface area contributed by atoms with Crippen molar-refractivity contribution in [2.45, 2.75) is 33.2 Å². The molecule has 4 N–H and O–H groups in total. The van der Waals surface area contributed by atoms with Crippen molar-refractivity contribution in [1.82, 2.24) is 5.32 Å². The Hall–Kier alpha value is -2.57. The lowest BCUT2D eigenvalue weighted by molar-refractivity contribution is 0.152. The number of benzene rings is 2. The predicted octanol–water partition coefficient (Wildman–Crippen LogP) is 4.40. The summed E-state index contributed by atoms with van der Waals surface area (Å²) in [6, 6.07) is 12.9. The number of amides is 2. The van der Waals surface area contributed by atoms with Gasteiger partial charge in [0.1, 0.15) is 6.61 Å². The Morgan fingerprint density at radius 3 is 2.68 bits per heavy atom. The molecule has 2 amide bonds. The maximum absolute atomic E-state index is 12.5. The second kappa shape index (κ2) is 9.57. The number of hydrogen-bond donors (Lipinski definition) is 3. The first kappa shape index (κ1) is 21.7. The number of aryl methyl sites for hydroxylation is 1. The molecule has 0 aliphatic carbocycles. The molecule has 0 aliphatic rings. The van der Waals surface area contributed by atoms with Crippen molar-refractivity contribution in [3.63, 3.8) is 0 Å². The second-order valence-corrected chi connectivity index (χ2v) is 7.45. The molecule has 0 bridgehead atoms. The van der Waals surface area contributed by atoms with E-state index in [-0.39, 0.29) is 6.03 Å². The molecule has 150 valence electrons. The third-order valence-corrected chi connectivity index (χ3v) is 4.68. The van der Waals surface area contributed by atoms with Crippen LogP contribution in [0.3, 0.4) is 0 Å². The predicted molar refractivity (Wildman–Crippen MR) is 115 cm³/mol. The lowest BCUT2D eigenvalue weighted by Gasteiger charge is -2.27. The number of rotatable bonds is 7. The van der Waals surface area contributed by atoms with Gasteiger partial charge in [0, 0.05) is 17.3 Å². The van der Waals surface area contributed by atoms with Crippen molar-refractivity contribution in [2.24, 2.45) is 10.9 Å². The highest BCUT2D eigenvalue weighted by Crippen LogP contribution is 2.23. The number of oxime groups is 1. The summed E-state index contributed by atoms with van der Waals surface area (Å²) in [4.78, 5) is 17.6. The summed E-state index contributed by atoms with van der Waals surface area (Å²) in [5, 5.41) is 10.6. The van der Waals surface area contributed by atoms with Gasteiger partial charge in [-0.1, -0.05) is 35.0 Å². The van der Waals surface area contributed by atoms with Crippen LogP contribution >= 0.6 is 11.6 Å². The summed E-state index contributed by atoms with van der Waals surface area (Å²) < 4.78 is 0. The maximum atomic E-state index is 12.5. The molecule has 6 nitrogen and oxygen atoms in total. The molecular formula is C21H27ClN4O2. The zero-order chi connectivity index (χ0) is 20.7. The average molecular weight is 403 g/mol. The van der Waals surface area contributed by atoms with E-state index >= 15 is 0 Å². The quantitative estimate of drug-likeness (QED) is 0.364. The molecule has 2 aromatic carbocycles. The molecule has 0 fully saturated rings. The zero-order valence-corrected chi connectivity index (χ0v) is 17.4. The van der Waals surface area contributed by atoms with Crippen LogP contribution in [0.1, 0.15) is 37.5 Å². The number of nitrogens with zero attached hydrogens (tertiary/aromatic N) is 1. The second-order valence-electron chi connectivity index (χ2n) is 7.05. The average Bonchev–Trinajstić information content (AvgIpc) is 2.64. The van der Waals surface area contributed by atoms with E-state index in [0.29, 0.717) is 23.9 Å². The Morgan fingerprint density at radius 1 is 1.25 bits per heavy atom. The summed E-state index contributed by atoms with van der Waals surface area (Å²) in [6.07, 6.45) is 0. The van der Waals surface area contributed by atoms with Crippen molar-refractivity contribution < 1.29 is 9.63 Å². The van der Waals surface area contributed by atoms with E-state index in [2.05, 4.69) is 15.8 Å². The summed E-state index contributed by atoms with van der Waals surface area (Å²) in [7, 11) is 0. The summed E-state index contributed by atoms with van der Waals surface area (Å²) in [5.41, 5.74) is 9.00. The number of hydrogen-bond acceptors (Lipinski definition) is 4. The van der Waals surface area contributed by atoms with Crippen LogP contribution in [0.4, 0.5) is 10.5 Å². The van der Waals surface area contributed by atoms with Gasteiger partial charge in [-0.3, -0.25) is 0 Å². The highest BCUT2D eigenvalue weighted by Gasteiger charge is 2.23. The molecule has 2 aromatic rings. The standard InChI is InChI=1S/C21H27ClN4O2/c1-14-12-18(8-9-19(14)22)24-20(27)25-21(3,4)17-7-5-6-16(13-17)15(2)26-28-11-10-23/h5-9,12-13H,10-11,23H2,1-4H3,(H2,24,25,27)/b26-15+. The van der Waals surface area contributed by atoms with Crippen molar-refractivity contribution in [3.05, 3.63) is 64.2 Å². The fraction of sp³-hybridized carbons (Fsp3) is 0.333. The van der Waals surface area contributed by atoms with Crippen LogP contribution < -0.4 is 16.4 Å². The van der Waals surface area contributed by atoms with Gasteiger partial charge in [0.2, 0.25) is 0 Å². The smallest absolute Gasteiger partial charge is 0.319 e. The van der Waals surface area contributed by atoms with Crippen molar-refractivity contribution in [2.75, 3.05) is 18.5 Å². The van der Waals surface area contributed by atoms with Gasteiger partial charge < -0.3 is 21.2 Å². The van der Waals surface area contributed by atoms with Crippen molar-refractivity contribution >= 4 is 29.0 Å². The summed E-state index contributed by atoms with van der Waals surface area (Å²) in [5.74, 6) is 0. The van der Waals surface area contributed by atoms with E-state index in [1.807, 2.05) is 58.0 Å². The monoisotopic (exact) mass is 402 g/mol. The van der Waals surface area contributed by atoms with Crippen LogP contribution in [0.2, 0.25) is 5.02 Å². The first-order valence-corrected chi connectivity index (χ1v) is 9.43. The maximum Gasteiger partial charge on any atom is 0.319 e. The van der Waals surface area contributed by atoms with Crippen LogP contribution in [0, 0.1) is 6.92 Å². The number of urea groups is 1. The number of halogens is 1. The summed E-state index contributed by atoms with van der Waals surface area (Å²) >= 11 is 6.03. The van der Waals surface area contributed by atoms with Gasteiger partial charge in [-0.25, -0.2) is 4.79 Å². The van der Waals surface area contributed by atoms with Crippen LogP contribution in [0.15, 0.2) is 47.6 Å². The van der Waals surface area contributed by atoms with Gasteiger partial charge in [-0.2, -0.15) is 0 Å². The fourth-order valence-electron chi connectivity index (χ4n) is 2.62. The number of anilines is 1. The molecule has 0 aliphatic heterocycles. The minimum atomic E-state index is -0.597. The molecule has 28 heavy (non-hydrogen) atoms. The van der Waals surface area contributed by atoms with Gasteiger partial charge >= 0.3 is 6.03 Å². The van der Waals surface area contributed by atoms with Crippen LogP contribution in [0.25, 0.3) is 0 Å². The SMILES string of the molecule is C/C(=N\OCCN)c1cccc(C(C)(C)NC(=O)Nc2ccc(Cl)c(C)c2)c1. The minimum Gasteiger partial charge on any atom is -0.394 e. The molecule has 0 atom stereocenters. The number of carbonyl (C=O) groups is 1. The summed E-state index contributed by atoms with van der Waals surface area (Å²) in [6.45, 7) is 8.42. The molecular weight excluding hydrogens is 376 g/mol. The van der Waals surface area contributed by atoms with E-state index in [9.17, 15) is 4.79 Å². The molecule has 0 aromatic heterocycles. The van der Waals surface area contributed by atoms with Crippen LogP contribution in [-0.2, 0) is 10.4 Å². The molecule has 0 saturated heterocycles. The van der Waals surface area contributed by atoms with E-state index in [0.717, 1.165) is 22.4 Å². The molecule has 0 spiro atoms. The Balaban J connectivity index is 2.10.